The molecule has 0 fully saturated rings. The molecule has 4 aromatic rings. The predicted octanol–water partition coefficient (Wildman–Crippen LogP) is 5.22. The quantitative estimate of drug-likeness (QED) is 0.476. The fourth-order valence-electron chi connectivity index (χ4n) is 4.10. The largest absolute Gasteiger partial charge is 0.378 e. The Morgan fingerprint density at radius 3 is 2.28 bits per heavy atom. The second kappa shape index (κ2) is 8.19. The number of amides is 2. The smallest absolute Gasteiger partial charge is 0.320 e. The lowest BCUT2D eigenvalue weighted by Gasteiger charge is -2.31. The summed E-state index contributed by atoms with van der Waals surface area (Å²) < 4.78 is 0. The van der Waals surface area contributed by atoms with Gasteiger partial charge >= 0.3 is 6.03 Å². The Labute approximate surface area is 187 Å². The van der Waals surface area contributed by atoms with E-state index in [0.717, 1.165) is 44.7 Å². The van der Waals surface area contributed by atoms with E-state index >= 15 is 0 Å². The first-order chi connectivity index (χ1) is 15.6. The van der Waals surface area contributed by atoms with Gasteiger partial charge in [0.15, 0.2) is 0 Å². The molecule has 2 heterocycles. The van der Waals surface area contributed by atoms with Crippen LogP contribution in [0.1, 0.15) is 22.9 Å². The number of urea groups is 1. The molecule has 2 amide bonds. The standard InChI is InChI=1S/C27H24N4O/c1-31(2)21-15-12-20(13-16-21)26-24(23-17-14-18-8-6-7-11-22(18)28-23)25(29-27(32)30-26)19-9-4-3-5-10-19/h3-17,26H,1-2H3,(H2,29,30,32)/t26-/m1/s1. The van der Waals surface area contributed by atoms with Crippen LogP contribution in [-0.4, -0.2) is 25.1 Å². The average molecular weight is 421 g/mol. The number of carbonyl (C=O) groups excluding carboxylic acids is 1. The minimum Gasteiger partial charge on any atom is -0.378 e. The molecule has 1 aromatic heterocycles. The van der Waals surface area contributed by atoms with Gasteiger partial charge in [0, 0.05) is 30.7 Å². The lowest BCUT2D eigenvalue weighted by Crippen LogP contribution is -2.43. The molecule has 0 bridgehead atoms. The van der Waals surface area contributed by atoms with E-state index in [-0.39, 0.29) is 12.1 Å². The van der Waals surface area contributed by atoms with Crippen LogP contribution >= 0.6 is 0 Å². The Kier molecular flexibility index (Phi) is 5.07. The van der Waals surface area contributed by atoms with E-state index in [2.05, 4.69) is 51.9 Å². The van der Waals surface area contributed by atoms with E-state index < -0.39 is 0 Å². The third kappa shape index (κ3) is 3.69. The van der Waals surface area contributed by atoms with Crippen LogP contribution < -0.4 is 15.5 Å². The summed E-state index contributed by atoms with van der Waals surface area (Å²) in [5, 5.41) is 7.24. The van der Waals surface area contributed by atoms with E-state index in [1.165, 1.54) is 0 Å². The third-order valence-corrected chi connectivity index (χ3v) is 5.75. The summed E-state index contributed by atoms with van der Waals surface area (Å²) in [5.74, 6) is 0. The summed E-state index contributed by atoms with van der Waals surface area (Å²) in [4.78, 5) is 19.7. The topological polar surface area (TPSA) is 57.3 Å². The highest BCUT2D eigenvalue weighted by Crippen LogP contribution is 2.38. The molecule has 32 heavy (non-hydrogen) atoms. The number of hydrogen-bond donors (Lipinski definition) is 2. The first-order valence-corrected chi connectivity index (χ1v) is 10.6. The van der Waals surface area contributed by atoms with Crippen molar-refractivity contribution in [1.82, 2.24) is 15.6 Å². The summed E-state index contributed by atoms with van der Waals surface area (Å²) in [7, 11) is 4.03. The lowest BCUT2D eigenvalue weighted by atomic mass is 9.90. The molecule has 0 spiro atoms. The highest BCUT2D eigenvalue weighted by molar-refractivity contribution is 6.03. The molecule has 0 saturated heterocycles. The zero-order valence-electron chi connectivity index (χ0n) is 18.0. The number of anilines is 1. The van der Waals surface area contributed by atoms with E-state index in [4.69, 9.17) is 4.98 Å². The number of nitrogens with one attached hydrogen (secondary N) is 2. The van der Waals surface area contributed by atoms with Crippen LogP contribution in [0, 0.1) is 0 Å². The summed E-state index contributed by atoms with van der Waals surface area (Å²) >= 11 is 0. The molecule has 158 valence electrons. The molecule has 1 aliphatic rings. The maximum absolute atomic E-state index is 12.7. The fourth-order valence-corrected chi connectivity index (χ4v) is 4.10. The monoisotopic (exact) mass is 420 g/mol. The predicted molar refractivity (Wildman–Crippen MR) is 130 cm³/mol. The number of benzene rings is 3. The molecule has 0 radical (unpaired) electrons. The van der Waals surface area contributed by atoms with Gasteiger partial charge in [-0.1, -0.05) is 66.7 Å². The number of para-hydroxylation sites is 1. The second-order valence-electron chi connectivity index (χ2n) is 8.06. The molecule has 5 nitrogen and oxygen atoms in total. The molecule has 5 rings (SSSR count). The molecule has 0 unspecified atom stereocenters. The Morgan fingerprint density at radius 1 is 0.812 bits per heavy atom. The van der Waals surface area contributed by atoms with Gasteiger partial charge in [0.25, 0.3) is 0 Å². The van der Waals surface area contributed by atoms with Gasteiger partial charge in [-0.2, -0.15) is 0 Å². The molecule has 2 N–H and O–H groups in total. The Morgan fingerprint density at radius 2 is 1.53 bits per heavy atom. The van der Waals surface area contributed by atoms with Crippen molar-refractivity contribution in [3.05, 3.63) is 108 Å². The van der Waals surface area contributed by atoms with Gasteiger partial charge in [0.2, 0.25) is 0 Å². The van der Waals surface area contributed by atoms with Gasteiger partial charge in [-0.15, -0.1) is 0 Å². The van der Waals surface area contributed by atoms with Crippen molar-refractivity contribution in [2.75, 3.05) is 19.0 Å². The highest BCUT2D eigenvalue weighted by Gasteiger charge is 2.31. The Hall–Kier alpha value is -4.12. The van der Waals surface area contributed by atoms with Crippen molar-refractivity contribution in [2.45, 2.75) is 6.04 Å². The molecule has 1 aliphatic heterocycles. The van der Waals surface area contributed by atoms with Gasteiger partial charge in [0.05, 0.1) is 22.9 Å². The third-order valence-electron chi connectivity index (χ3n) is 5.75. The summed E-state index contributed by atoms with van der Waals surface area (Å²) in [6.07, 6.45) is 0. The number of fused-ring (bicyclic) bond motifs is 1. The summed E-state index contributed by atoms with van der Waals surface area (Å²) in [5.41, 5.74) is 6.52. The van der Waals surface area contributed by atoms with Crippen LogP contribution in [0.4, 0.5) is 10.5 Å². The van der Waals surface area contributed by atoms with Crippen molar-refractivity contribution in [1.29, 1.82) is 0 Å². The van der Waals surface area contributed by atoms with Crippen LogP contribution in [0.15, 0.2) is 91.0 Å². The van der Waals surface area contributed by atoms with Crippen LogP contribution in [0.2, 0.25) is 0 Å². The number of hydrogen-bond acceptors (Lipinski definition) is 3. The zero-order chi connectivity index (χ0) is 22.1. The molecular weight excluding hydrogens is 396 g/mol. The fraction of sp³-hybridized carbons (Fsp3) is 0.111. The van der Waals surface area contributed by atoms with Crippen LogP contribution in [-0.2, 0) is 0 Å². The zero-order valence-corrected chi connectivity index (χ0v) is 18.0. The molecule has 5 heteroatoms. The van der Waals surface area contributed by atoms with Gasteiger partial charge in [-0.25, -0.2) is 9.78 Å². The van der Waals surface area contributed by atoms with Crippen molar-refractivity contribution in [2.24, 2.45) is 0 Å². The van der Waals surface area contributed by atoms with Crippen molar-refractivity contribution in [3.63, 3.8) is 0 Å². The van der Waals surface area contributed by atoms with Crippen molar-refractivity contribution >= 4 is 33.9 Å². The van der Waals surface area contributed by atoms with Crippen LogP contribution in [0.5, 0.6) is 0 Å². The normalized spacial score (nSPS) is 15.9. The van der Waals surface area contributed by atoms with Gasteiger partial charge in [-0.05, 0) is 35.4 Å². The number of pyridine rings is 1. The maximum Gasteiger partial charge on any atom is 0.320 e. The molecular formula is C27H24N4O. The molecule has 3 aromatic carbocycles. The number of aromatic nitrogens is 1. The summed E-state index contributed by atoms with van der Waals surface area (Å²) in [6.45, 7) is 0. The number of rotatable bonds is 4. The minimum atomic E-state index is -0.330. The van der Waals surface area contributed by atoms with Crippen molar-refractivity contribution < 1.29 is 4.79 Å². The molecule has 1 atom stereocenters. The van der Waals surface area contributed by atoms with E-state index in [0.29, 0.717) is 0 Å². The number of nitrogens with zero attached hydrogens (tertiary/aromatic N) is 2. The Bertz CT molecular complexity index is 1310. The van der Waals surface area contributed by atoms with Crippen LogP contribution in [0.25, 0.3) is 22.2 Å². The first kappa shape index (κ1) is 19.8. The Balaban J connectivity index is 1.72. The number of carbonyl (C=O) groups is 1. The average Bonchev–Trinajstić information content (AvgIpc) is 2.84. The van der Waals surface area contributed by atoms with Crippen LogP contribution in [0.3, 0.4) is 0 Å². The van der Waals surface area contributed by atoms with E-state index in [1.54, 1.807) is 0 Å². The van der Waals surface area contributed by atoms with Crippen molar-refractivity contribution in [3.8, 4) is 0 Å². The first-order valence-electron chi connectivity index (χ1n) is 10.6. The lowest BCUT2D eigenvalue weighted by molar-refractivity contribution is 0.242. The molecule has 0 aliphatic carbocycles. The summed E-state index contributed by atoms with van der Waals surface area (Å²) in [6, 6.07) is 29.8. The van der Waals surface area contributed by atoms with Gasteiger partial charge in [0.1, 0.15) is 0 Å². The molecule has 0 saturated carbocycles. The second-order valence-corrected chi connectivity index (χ2v) is 8.06. The SMILES string of the molecule is CN(C)c1ccc([C@H]2NC(=O)NC(c3ccccc3)=C2c2ccc3ccccc3n2)cc1. The van der Waals surface area contributed by atoms with Gasteiger partial charge < -0.3 is 15.5 Å². The van der Waals surface area contributed by atoms with E-state index in [9.17, 15) is 4.79 Å². The maximum atomic E-state index is 12.7. The minimum absolute atomic E-state index is 0.227. The highest BCUT2D eigenvalue weighted by atomic mass is 16.2. The van der Waals surface area contributed by atoms with Gasteiger partial charge in [-0.3, -0.25) is 0 Å². The van der Waals surface area contributed by atoms with E-state index in [1.807, 2.05) is 68.7 Å².